The van der Waals surface area contributed by atoms with Crippen LogP contribution in [-0.4, -0.2) is 30.2 Å². The summed E-state index contributed by atoms with van der Waals surface area (Å²) in [4.78, 5) is 1.68. The predicted molar refractivity (Wildman–Crippen MR) is 46.4 cm³/mol. The quantitative estimate of drug-likeness (QED) is 0.272. The summed E-state index contributed by atoms with van der Waals surface area (Å²) in [6.45, 7) is 9.76. The number of nitrogens with zero attached hydrogens (tertiary/aromatic N) is 2. The summed E-state index contributed by atoms with van der Waals surface area (Å²) < 4.78 is 5.19. The highest BCUT2D eigenvalue weighted by Gasteiger charge is 2.40. The minimum absolute atomic E-state index is 0.0782. The first-order chi connectivity index (χ1) is 5.56. The maximum Gasteiger partial charge on any atom is 0.179 e. The molecule has 1 fully saturated rings. The molecule has 1 saturated heterocycles. The molecule has 1 atom stereocenters. The highest BCUT2D eigenvalue weighted by atomic mass is 16.6. The van der Waals surface area contributed by atoms with Crippen LogP contribution in [0.5, 0.6) is 0 Å². The molecule has 3 nitrogen and oxygen atoms in total. The Hall–Kier alpha value is -1.01. The van der Waals surface area contributed by atoms with Gasteiger partial charge in [0.25, 0.3) is 0 Å². The van der Waals surface area contributed by atoms with Gasteiger partial charge in [0.05, 0.1) is 13.2 Å². The highest BCUT2D eigenvalue weighted by molar-refractivity contribution is 5.00. The predicted octanol–water partition coefficient (Wildman–Crippen LogP) is 1.13. The summed E-state index contributed by atoms with van der Waals surface area (Å²) in [7, 11) is 0. The van der Waals surface area contributed by atoms with E-state index in [1.54, 1.807) is 4.90 Å². The van der Waals surface area contributed by atoms with E-state index in [0.29, 0.717) is 13.1 Å². The molecule has 0 bridgehead atoms. The van der Waals surface area contributed by atoms with Gasteiger partial charge in [-0.2, -0.15) is 5.26 Å². The molecule has 0 aliphatic carbocycles. The van der Waals surface area contributed by atoms with Gasteiger partial charge in [0, 0.05) is 6.54 Å². The van der Waals surface area contributed by atoms with Crippen LogP contribution in [0, 0.1) is 11.5 Å². The Morgan fingerprint density at radius 1 is 1.83 bits per heavy atom. The Kier molecular flexibility index (Phi) is 2.39. The number of hydrogen-bond acceptors (Lipinski definition) is 3. The Balaban J connectivity index is 2.36. The fraction of sp³-hybridized carbons (Fsp3) is 0.667. The molecule has 0 aromatic carbocycles. The van der Waals surface area contributed by atoms with Crippen molar-refractivity contribution in [2.75, 3.05) is 19.7 Å². The Morgan fingerprint density at radius 2 is 2.42 bits per heavy atom. The van der Waals surface area contributed by atoms with E-state index in [2.05, 4.69) is 12.8 Å². The molecule has 66 valence electrons. The molecule has 0 aromatic rings. The maximum atomic E-state index is 8.75. The number of nitriles is 1. The summed E-state index contributed by atoms with van der Waals surface area (Å²) in [6, 6.07) is 0. The molecule has 1 heterocycles. The first-order valence-corrected chi connectivity index (χ1v) is 3.99. The van der Waals surface area contributed by atoms with E-state index in [0.717, 1.165) is 12.2 Å². The van der Waals surface area contributed by atoms with Crippen LogP contribution < -0.4 is 0 Å². The van der Waals surface area contributed by atoms with Crippen molar-refractivity contribution in [2.45, 2.75) is 19.4 Å². The molecule has 0 aromatic heterocycles. The van der Waals surface area contributed by atoms with Crippen molar-refractivity contribution in [2.24, 2.45) is 0 Å². The zero-order valence-electron chi connectivity index (χ0n) is 7.63. The topological polar surface area (TPSA) is 39.6 Å². The van der Waals surface area contributed by atoms with Gasteiger partial charge in [0.1, 0.15) is 5.60 Å². The van der Waals surface area contributed by atoms with Gasteiger partial charge in [-0.3, -0.25) is 0 Å². The van der Waals surface area contributed by atoms with Crippen molar-refractivity contribution in [3.63, 3.8) is 0 Å². The Morgan fingerprint density at radius 3 is 2.75 bits per heavy atom. The number of ether oxygens (including phenoxy) is 1. The van der Waals surface area contributed by atoms with Crippen LogP contribution >= 0.6 is 0 Å². The lowest BCUT2D eigenvalue weighted by atomic mass is 10.2. The molecule has 0 spiro atoms. The average Bonchev–Trinajstić information content (AvgIpc) is 2.66. The monoisotopic (exact) mass is 166 g/mol. The van der Waals surface area contributed by atoms with Crippen LogP contribution in [0.1, 0.15) is 13.8 Å². The van der Waals surface area contributed by atoms with E-state index in [1.807, 2.05) is 13.8 Å². The Labute approximate surface area is 73.2 Å². The molecular weight excluding hydrogens is 152 g/mol. The summed E-state index contributed by atoms with van der Waals surface area (Å²) in [5, 5.41) is 8.75. The molecule has 12 heavy (non-hydrogen) atoms. The minimum atomic E-state index is -0.0782. The maximum absolute atomic E-state index is 8.75. The van der Waals surface area contributed by atoms with Crippen molar-refractivity contribution >= 4 is 0 Å². The van der Waals surface area contributed by atoms with Crippen molar-refractivity contribution in [3.05, 3.63) is 12.2 Å². The summed E-state index contributed by atoms with van der Waals surface area (Å²) >= 11 is 0. The summed E-state index contributed by atoms with van der Waals surface area (Å²) in [6.07, 6.45) is 2.12. The van der Waals surface area contributed by atoms with Crippen LogP contribution in [0.15, 0.2) is 12.2 Å². The van der Waals surface area contributed by atoms with Gasteiger partial charge in [-0.05, 0) is 13.8 Å². The lowest BCUT2D eigenvalue weighted by molar-refractivity contribution is 0.258. The standard InChI is InChI=1S/C9H14N2O/c1-8(2)4-11(7-10)5-9(3)6-12-9/h1,4-6H2,2-3H3/t9-/m1/s1. The number of rotatable bonds is 4. The normalized spacial score (nSPS) is 26.1. The molecule has 0 saturated carbocycles. The van der Waals surface area contributed by atoms with E-state index in [-0.39, 0.29) is 5.60 Å². The van der Waals surface area contributed by atoms with Crippen molar-refractivity contribution in [1.29, 1.82) is 5.26 Å². The second kappa shape index (κ2) is 3.16. The molecule has 1 aliphatic rings. The van der Waals surface area contributed by atoms with Gasteiger partial charge in [-0.15, -0.1) is 0 Å². The summed E-state index contributed by atoms with van der Waals surface area (Å²) in [5.74, 6) is 0. The largest absolute Gasteiger partial charge is 0.368 e. The fourth-order valence-corrected chi connectivity index (χ4v) is 1.07. The lowest BCUT2D eigenvalue weighted by Gasteiger charge is -2.17. The molecule has 0 unspecified atom stereocenters. The zero-order chi connectivity index (χ0) is 9.19. The molecule has 0 N–H and O–H groups in total. The van der Waals surface area contributed by atoms with Gasteiger partial charge in [0.15, 0.2) is 6.19 Å². The van der Waals surface area contributed by atoms with Crippen molar-refractivity contribution in [1.82, 2.24) is 4.90 Å². The molecule has 1 rings (SSSR count). The van der Waals surface area contributed by atoms with Crippen LogP contribution in [0.25, 0.3) is 0 Å². The third kappa shape index (κ3) is 2.55. The Bertz CT molecular complexity index is 225. The van der Waals surface area contributed by atoms with Crippen LogP contribution in [0.2, 0.25) is 0 Å². The van der Waals surface area contributed by atoms with E-state index in [1.165, 1.54) is 0 Å². The molecule has 1 aliphatic heterocycles. The third-order valence-corrected chi connectivity index (χ3v) is 1.76. The smallest absolute Gasteiger partial charge is 0.179 e. The van der Waals surface area contributed by atoms with Crippen molar-refractivity contribution < 1.29 is 4.74 Å². The van der Waals surface area contributed by atoms with E-state index >= 15 is 0 Å². The van der Waals surface area contributed by atoms with Crippen LogP contribution in [-0.2, 0) is 4.74 Å². The minimum Gasteiger partial charge on any atom is -0.368 e. The van der Waals surface area contributed by atoms with Gasteiger partial charge in [0.2, 0.25) is 0 Å². The molecular formula is C9H14N2O. The fourth-order valence-electron chi connectivity index (χ4n) is 1.07. The zero-order valence-corrected chi connectivity index (χ0v) is 7.63. The molecule has 0 amide bonds. The third-order valence-electron chi connectivity index (χ3n) is 1.76. The molecule has 0 radical (unpaired) electrons. The number of epoxide rings is 1. The highest BCUT2D eigenvalue weighted by Crippen LogP contribution is 2.26. The summed E-state index contributed by atoms with van der Waals surface area (Å²) in [5.41, 5.74) is 0.923. The van der Waals surface area contributed by atoms with Gasteiger partial charge < -0.3 is 9.64 Å². The van der Waals surface area contributed by atoms with E-state index < -0.39 is 0 Å². The molecule has 3 heteroatoms. The average molecular weight is 166 g/mol. The van der Waals surface area contributed by atoms with Crippen LogP contribution in [0.4, 0.5) is 0 Å². The second-order valence-electron chi connectivity index (χ2n) is 3.65. The van der Waals surface area contributed by atoms with Gasteiger partial charge >= 0.3 is 0 Å². The first-order valence-electron chi connectivity index (χ1n) is 3.99. The van der Waals surface area contributed by atoms with Crippen LogP contribution in [0.3, 0.4) is 0 Å². The van der Waals surface area contributed by atoms with Gasteiger partial charge in [-0.25, -0.2) is 0 Å². The van der Waals surface area contributed by atoms with Crippen molar-refractivity contribution in [3.8, 4) is 6.19 Å². The SMILES string of the molecule is C=C(C)CN(C#N)C[C@]1(C)CO1. The lowest BCUT2D eigenvalue weighted by Crippen LogP contribution is -2.30. The van der Waals surface area contributed by atoms with E-state index in [9.17, 15) is 0 Å². The number of hydrogen-bond donors (Lipinski definition) is 0. The van der Waals surface area contributed by atoms with Gasteiger partial charge in [-0.1, -0.05) is 12.2 Å². The van der Waals surface area contributed by atoms with E-state index in [4.69, 9.17) is 10.00 Å². The second-order valence-corrected chi connectivity index (χ2v) is 3.65. The first kappa shape index (κ1) is 9.08.